The number of hydrogen-bond acceptors (Lipinski definition) is 4. The molecule has 0 radical (unpaired) electrons. The normalized spacial score (nSPS) is 23.4. The molecule has 1 heterocycles. The smallest absolute Gasteiger partial charge is 0.0784 e. The van der Waals surface area contributed by atoms with Crippen LogP contribution in [0.5, 0.6) is 0 Å². The van der Waals surface area contributed by atoms with E-state index in [1.807, 2.05) is 0 Å². The minimum Gasteiger partial charge on any atom is -0.379 e. The van der Waals surface area contributed by atoms with Gasteiger partial charge < -0.3 is 15.2 Å². The van der Waals surface area contributed by atoms with Crippen LogP contribution in [0.15, 0.2) is 0 Å². The van der Waals surface area contributed by atoms with Gasteiger partial charge in [0.15, 0.2) is 0 Å². The number of nitrogens with two attached hydrogens (primary N) is 1. The summed E-state index contributed by atoms with van der Waals surface area (Å²) in [4.78, 5) is 2.40. The molecule has 2 N–H and O–H groups in total. The van der Waals surface area contributed by atoms with E-state index >= 15 is 0 Å². The molecule has 0 aromatic rings. The monoisotopic (exact) mass is 202 g/mol. The van der Waals surface area contributed by atoms with Crippen molar-refractivity contribution in [2.24, 2.45) is 5.73 Å². The van der Waals surface area contributed by atoms with Crippen LogP contribution in [0.2, 0.25) is 0 Å². The van der Waals surface area contributed by atoms with Crippen molar-refractivity contribution in [1.29, 1.82) is 0 Å². The first-order valence-corrected chi connectivity index (χ1v) is 5.25. The molecule has 0 aromatic carbocycles. The fourth-order valence-electron chi connectivity index (χ4n) is 1.51. The molecule has 84 valence electrons. The summed E-state index contributed by atoms with van der Waals surface area (Å²) in [7, 11) is 1.73. The lowest BCUT2D eigenvalue weighted by Gasteiger charge is -2.32. The maximum Gasteiger partial charge on any atom is 0.0784 e. The number of rotatable bonds is 5. The SMILES string of the molecule is COC(C)(CN)CCN1CCOCC1. The quantitative estimate of drug-likeness (QED) is 0.685. The summed E-state index contributed by atoms with van der Waals surface area (Å²) in [5.74, 6) is 0. The van der Waals surface area contributed by atoms with Crippen molar-refractivity contribution < 1.29 is 9.47 Å². The predicted octanol–water partition coefficient (Wildman–Crippen LogP) is 0.0725. The number of hydrogen-bond donors (Lipinski definition) is 1. The van der Waals surface area contributed by atoms with Gasteiger partial charge in [0.25, 0.3) is 0 Å². The van der Waals surface area contributed by atoms with Crippen LogP contribution < -0.4 is 5.73 Å². The van der Waals surface area contributed by atoms with E-state index in [0.29, 0.717) is 6.54 Å². The Kier molecular flexibility index (Phi) is 4.81. The van der Waals surface area contributed by atoms with E-state index in [1.54, 1.807) is 7.11 Å². The van der Waals surface area contributed by atoms with E-state index in [0.717, 1.165) is 39.3 Å². The summed E-state index contributed by atoms with van der Waals surface area (Å²) in [6.45, 7) is 7.46. The first-order valence-electron chi connectivity index (χ1n) is 5.25. The topological polar surface area (TPSA) is 47.7 Å². The van der Waals surface area contributed by atoms with Crippen molar-refractivity contribution in [3.05, 3.63) is 0 Å². The molecular formula is C10H22N2O2. The molecule has 0 aliphatic carbocycles. The molecule has 4 heteroatoms. The average Bonchev–Trinajstić information content (AvgIpc) is 2.27. The van der Waals surface area contributed by atoms with Crippen molar-refractivity contribution in [3.63, 3.8) is 0 Å². The lowest BCUT2D eigenvalue weighted by Crippen LogP contribution is -2.43. The van der Waals surface area contributed by atoms with Crippen molar-refractivity contribution in [1.82, 2.24) is 4.90 Å². The third-order valence-corrected chi connectivity index (χ3v) is 2.99. The van der Waals surface area contributed by atoms with E-state index in [4.69, 9.17) is 15.2 Å². The number of nitrogens with zero attached hydrogens (tertiary/aromatic N) is 1. The van der Waals surface area contributed by atoms with Crippen LogP contribution in [0.25, 0.3) is 0 Å². The summed E-state index contributed by atoms with van der Waals surface area (Å²) in [6.07, 6.45) is 0.986. The third-order valence-electron chi connectivity index (χ3n) is 2.99. The summed E-state index contributed by atoms with van der Waals surface area (Å²) in [5, 5.41) is 0. The van der Waals surface area contributed by atoms with Gasteiger partial charge in [-0.2, -0.15) is 0 Å². The highest BCUT2D eigenvalue weighted by Crippen LogP contribution is 2.13. The predicted molar refractivity (Wildman–Crippen MR) is 56.3 cm³/mol. The van der Waals surface area contributed by atoms with E-state index in [-0.39, 0.29) is 5.60 Å². The number of morpholine rings is 1. The molecule has 1 rings (SSSR count). The molecule has 0 saturated carbocycles. The largest absolute Gasteiger partial charge is 0.379 e. The van der Waals surface area contributed by atoms with Gasteiger partial charge in [-0.05, 0) is 13.3 Å². The van der Waals surface area contributed by atoms with Crippen LogP contribution in [0.3, 0.4) is 0 Å². The molecule has 1 fully saturated rings. The van der Waals surface area contributed by atoms with Gasteiger partial charge in [-0.25, -0.2) is 0 Å². The van der Waals surface area contributed by atoms with Crippen molar-refractivity contribution >= 4 is 0 Å². The number of methoxy groups -OCH3 is 1. The highest BCUT2D eigenvalue weighted by atomic mass is 16.5. The maximum atomic E-state index is 5.66. The summed E-state index contributed by atoms with van der Waals surface area (Å²) in [5.41, 5.74) is 5.50. The van der Waals surface area contributed by atoms with Crippen LogP contribution in [-0.4, -0.2) is 57.0 Å². The lowest BCUT2D eigenvalue weighted by atomic mass is 10.0. The molecule has 1 aliphatic rings. The molecule has 0 aromatic heterocycles. The molecule has 4 nitrogen and oxygen atoms in total. The Hall–Kier alpha value is -0.160. The first-order chi connectivity index (χ1) is 6.70. The van der Waals surface area contributed by atoms with Crippen LogP contribution in [0.4, 0.5) is 0 Å². The lowest BCUT2D eigenvalue weighted by molar-refractivity contribution is -0.0146. The molecule has 14 heavy (non-hydrogen) atoms. The average molecular weight is 202 g/mol. The van der Waals surface area contributed by atoms with E-state index < -0.39 is 0 Å². The Morgan fingerprint density at radius 3 is 2.57 bits per heavy atom. The second kappa shape index (κ2) is 5.66. The molecule has 0 spiro atoms. The zero-order valence-electron chi connectivity index (χ0n) is 9.29. The Morgan fingerprint density at radius 2 is 2.07 bits per heavy atom. The molecule has 0 bridgehead atoms. The van der Waals surface area contributed by atoms with E-state index in [9.17, 15) is 0 Å². The minimum atomic E-state index is -0.168. The van der Waals surface area contributed by atoms with Crippen LogP contribution >= 0.6 is 0 Å². The van der Waals surface area contributed by atoms with Gasteiger partial charge in [-0.3, -0.25) is 4.90 Å². The van der Waals surface area contributed by atoms with Gasteiger partial charge in [0.2, 0.25) is 0 Å². The van der Waals surface area contributed by atoms with E-state index in [1.165, 1.54) is 0 Å². The number of ether oxygens (including phenoxy) is 2. The standard InChI is InChI=1S/C10H22N2O2/c1-10(9-11,13-2)3-4-12-5-7-14-8-6-12/h3-9,11H2,1-2H3. The first kappa shape index (κ1) is 11.9. The minimum absolute atomic E-state index is 0.168. The highest BCUT2D eigenvalue weighted by Gasteiger charge is 2.22. The van der Waals surface area contributed by atoms with Crippen molar-refractivity contribution in [2.75, 3.05) is 46.5 Å². The Labute approximate surface area is 86.3 Å². The van der Waals surface area contributed by atoms with Gasteiger partial charge in [-0.15, -0.1) is 0 Å². The fraction of sp³-hybridized carbons (Fsp3) is 1.00. The Balaban J connectivity index is 2.23. The molecule has 1 aliphatic heterocycles. The zero-order chi connectivity index (χ0) is 10.4. The fourth-order valence-corrected chi connectivity index (χ4v) is 1.51. The highest BCUT2D eigenvalue weighted by molar-refractivity contribution is 4.78. The van der Waals surface area contributed by atoms with Gasteiger partial charge in [0, 0.05) is 33.3 Å². The third kappa shape index (κ3) is 3.53. The maximum absolute atomic E-state index is 5.66. The van der Waals surface area contributed by atoms with Gasteiger partial charge in [0.05, 0.1) is 18.8 Å². The second-order valence-electron chi connectivity index (χ2n) is 4.06. The van der Waals surface area contributed by atoms with Crippen molar-refractivity contribution in [3.8, 4) is 0 Å². The van der Waals surface area contributed by atoms with Crippen LogP contribution in [0.1, 0.15) is 13.3 Å². The second-order valence-corrected chi connectivity index (χ2v) is 4.06. The molecule has 1 saturated heterocycles. The summed E-state index contributed by atoms with van der Waals surface area (Å²) < 4.78 is 10.7. The van der Waals surface area contributed by atoms with Gasteiger partial charge in [0.1, 0.15) is 0 Å². The zero-order valence-corrected chi connectivity index (χ0v) is 9.29. The van der Waals surface area contributed by atoms with E-state index in [2.05, 4.69) is 11.8 Å². The molecule has 0 amide bonds. The van der Waals surface area contributed by atoms with Crippen molar-refractivity contribution in [2.45, 2.75) is 18.9 Å². The molecule has 1 unspecified atom stereocenters. The van der Waals surface area contributed by atoms with Crippen LogP contribution in [-0.2, 0) is 9.47 Å². The molecule has 1 atom stereocenters. The van der Waals surface area contributed by atoms with Gasteiger partial charge in [-0.1, -0.05) is 0 Å². The van der Waals surface area contributed by atoms with Gasteiger partial charge >= 0.3 is 0 Å². The summed E-state index contributed by atoms with van der Waals surface area (Å²) >= 11 is 0. The molecular weight excluding hydrogens is 180 g/mol. The van der Waals surface area contributed by atoms with Crippen LogP contribution in [0, 0.1) is 0 Å². The summed E-state index contributed by atoms with van der Waals surface area (Å²) in [6, 6.07) is 0. The Bertz CT molecular complexity index is 154. The Morgan fingerprint density at radius 1 is 1.43 bits per heavy atom.